The van der Waals surface area contributed by atoms with Crippen molar-refractivity contribution in [3.8, 4) is 6.07 Å². The first kappa shape index (κ1) is 6.42. The smallest absolute Gasteiger partial charge is 0.0662 e. The van der Waals surface area contributed by atoms with Crippen molar-refractivity contribution in [3.63, 3.8) is 0 Å². The molecule has 0 saturated heterocycles. The zero-order valence-corrected chi connectivity index (χ0v) is 6.20. The molecule has 0 unspecified atom stereocenters. The SMILES string of the molecule is N#C[C@@H]1C[C@@H]1c1ccccc1. The lowest BCUT2D eigenvalue weighted by molar-refractivity contribution is 1.02. The highest BCUT2D eigenvalue weighted by atomic mass is 14.4. The zero-order chi connectivity index (χ0) is 7.68. The van der Waals surface area contributed by atoms with Gasteiger partial charge in [0.25, 0.3) is 0 Å². The fraction of sp³-hybridized carbons (Fsp3) is 0.300. The number of rotatable bonds is 1. The zero-order valence-electron chi connectivity index (χ0n) is 6.20. The highest BCUT2D eigenvalue weighted by Crippen LogP contribution is 2.46. The first-order valence-corrected chi connectivity index (χ1v) is 3.86. The molecule has 0 radical (unpaired) electrons. The monoisotopic (exact) mass is 143 g/mol. The van der Waals surface area contributed by atoms with Crippen molar-refractivity contribution in [2.45, 2.75) is 12.3 Å². The van der Waals surface area contributed by atoms with Gasteiger partial charge in [0.15, 0.2) is 0 Å². The summed E-state index contributed by atoms with van der Waals surface area (Å²) in [6.45, 7) is 0. The molecule has 1 aliphatic carbocycles. The summed E-state index contributed by atoms with van der Waals surface area (Å²) >= 11 is 0. The van der Waals surface area contributed by atoms with Gasteiger partial charge in [0.2, 0.25) is 0 Å². The van der Waals surface area contributed by atoms with Gasteiger partial charge in [-0.05, 0) is 12.0 Å². The Balaban J connectivity index is 2.16. The van der Waals surface area contributed by atoms with Crippen molar-refractivity contribution < 1.29 is 0 Å². The highest BCUT2D eigenvalue weighted by Gasteiger charge is 2.38. The van der Waals surface area contributed by atoms with Crippen LogP contribution < -0.4 is 0 Å². The minimum atomic E-state index is 0.289. The van der Waals surface area contributed by atoms with E-state index in [0.717, 1.165) is 6.42 Å². The van der Waals surface area contributed by atoms with E-state index in [1.165, 1.54) is 5.56 Å². The second-order valence-electron chi connectivity index (χ2n) is 2.99. The average molecular weight is 143 g/mol. The van der Waals surface area contributed by atoms with E-state index in [1.807, 2.05) is 18.2 Å². The Morgan fingerprint density at radius 3 is 2.55 bits per heavy atom. The van der Waals surface area contributed by atoms with Gasteiger partial charge in [-0.1, -0.05) is 30.3 Å². The van der Waals surface area contributed by atoms with Crippen molar-refractivity contribution in [2.75, 3.05) is 0 Å². The van der Waals surface area contributed by atoms with E-state index in [2.05, 4.69) is 18.2 Å². The van der Waals surface area contributed by atoms with Gasteiger partial charge in [0.1, 0.15) is 0 Å². The summed E-state index contributed by atoms with van der Waals surface area (Å²) in [5, 5.41) is 8.59. The maximum absolute atomic E-state index is 8.59. The molecular weight excluding hydrogens is 134 g/mol. The lowest BCUT2D eigenvalue weighted by atomic mass is 10.1. The van der Waals surface area contributed by atoms with Crippen LogP contribution in [0.3, 0.4) is 0 Å². The molecule has 11 heavy (non-hydrogen) atoms. The summed E-state index contributed by atoms with van der Waals surface area (Å²) in [6, 6.07) is 12.6. The Morgan fingerprint density at radius 1 is 1.27 bits per heavy atom. The van der Waals surface area contributed by atoms with Crippen molar-refractivity contribution in [2.24, 2.45) is 5.92 Å². The molecule has 54 valence electrons. The molecule has 2 rings (SSSR count). The van der Waals surface area contributed by atoms with Crippen LogP contribution in [-0.2, 0) is 0 Å². The second-order valence-corrected chi connectivity index (χ2v) is 2.99. The van der Waals surface area contributed by atoms with E-state index >= 15 is 0 Å². The molecule has 0 aromatic heterocycles. The van der Waals surface area contributed by atoms with Crippen molar-refractivity contribution in [1.82, 2.24) is 0 Å². The molecule has 0 spiro atoms. The van der Waals surface area contributed by atoms with Gasteiger partial charge in [-0.15, -0.1) is 0 Å². The third kappa shape index (κ3) is 1.12. The third-order valence-electron chi connectivity index (χ3n) is 2.18. The summed E-state index contributed by atoms with van der Waals surface area (Å²) in [5.74, 6) is 0.818. The van der Waals surface area contributed by atoms with Gasteiger partial charge < -0.3 is 0 Å². The molecular formula is C10H9N. The molecule has 1 aliphatic rings. The summed E-state index contributed by atoms with van der Waals surface area (Å²) < 4.78 is 0. The van der Waals surface area contributed by atoms with E-state index < -0.39 is 0 Å². The predicted molar refractivity (Wildman–Crippen MR) is 42.9 cm³/mol. The Morgan fingerprint density at radius 2 is 2.00 bits per heavy atom. The molecule has 0 amide bonds. The highest BCUT2D eigenvalue weighted by molar-refractivity contribution is 5.28. The normalized spacial score (nSPS) is 27.5. The molecule has 0 heterocycles. The van der Waals surface area contributed by atoms with Crippen molar-refractivity contribution in [3.05, 3.63) is 35.9 Å². The topological polar surface area (TPSA) is 23.8 Å². The largest absolute Gasteiger partial charge is 0.198 e. The quantitative estimate of drug-likeness (QED) is 0.591. The molecule has 1 heteroatoms. The Hall–Kier alpha value is -1.29. The molecule has 0 bridgehead atoms. The van der Waals surface area contributed by atoms with Gasteiger partial charge in [-0.25, -0.2) is 0 Å². The van der Waals surface area contributed by atoms with Crippen LogP contribution in [0.15, 0.2) is 30.3 Å². The molecule has 0 aliphatic heterocycles. The van der Waals surface area contributed by atoms with Gasteiger partial charge in [0, 0.05) is 5.92 Å². The molecule has 1 nitrogen and oxygen atoms in total. The lowest BCUT2D eigenvalue weighted by Gasteiger charge is -1.93. The Bertz CT molecular complexity index is 283. The number of hydrogen-bond donors (Lipinski definition) is 0. The van der Waals surface area contributed by atoms with E-state index in [9.17, 15) is 0 Å². The fourth-order valence-electron chi connectivity index (χ4n) is 1.41. The van der Waals surface area contributed by atoms with Gasteiger partial charge >= 0.3 is 0 Å². The minimum Gasteiger partial charge on any atom is -0.198 e. The first-order chi connectivity index (χ1) is 5.42. The Labute approximate surface area is 66.3 Å². The summed E-state index contributed by atoms with van der Waals surface area (Å²) in [5.41, 5.74) is 1.32. The number of nitriles is 1. The maximum atomic E-state index is 8.59. The summed E-state index contributed by atoms with van der Waals surface area (Å²) in [7, 11) is 0. The molecule has 1 aromatic rings. The summed E-state index contributed by atoms with van der Waals surface area (Å²) in [4.78, 5) is 0. The Kier molecular flexibility index (Phi) is 1.40. The maximum Gasteiger partial charge on any atom is 0.0662 e. The third-order valence-corrected chi connectivity index (χ3v) is 2.18. The van der Waals surface area contributed by atoms with Crippen LogP contribution in [0.4, 0.5) is 0 Å². The second kappa shape index (κ2) is 2.39. The fourth-order valence-corrected chi connectivity index (χ4v) is 1.41. The van der Waals surface area contributed by atoms with Crippen LogP contribution in [0.25, 0.3) is 0 Å². The molecule has 0 N–H and O–H groups in total. The van der Waals surface area contributed by atoms with E-state index in [-0.39, 0.29) is 5.92 Å². The van der Waals surface area contributed by atoms with Crippen molar-refractivity contribution in [1.29, 1.82) is 5.26 Å². The van der Waals surface area contributed by atoms with Crippen LogP contribution >= 0.6 is 0 Å². The lowest BCUT2D eigenvalue weighted by Crippen LogP contribution is -1.78. The number of benzene rings is 1. The van der Waals surface area contributed by atoms with E-state index in [0.29, 0.717) is 5.92 Å². The number of nitrogens with zero attached hydrogens (tertiary/aromatic N) is 1. The number of hydrogen-bond acceptors (Lipinski definition) is 1. The first-order valence-electron chi connectivity index (χ1n) is 3.86. The van der Waals surface area contributed by atoms with E-state index in [4.69, 9.17) is 5.26 Å². The van der Waals surface area contributed by atoms with Crippen LogP contribution in [0.5, 0.6) is 0 Å². The average Bonchev–Trinajstić information content (AvgIpc) is 2.85. The molecule has 2 atom stereocenters. The van der Waals surface area contributed by atoms with Crippen LogP contribution in [0.1, 0.15) is 17.9 Å². The minimum absolute atomic E-state index is 0.289. The van der Waals surface area contributed by atoms with Crippen LogP contribution in [-0.4, -0.2) is 0 Å². The molecule has 1 fully saturated rings. The van der Waals surface area contributed by atoms with Gasteiger partial charge in [-0.3, -0.25) is 0 Å². The standard InChI is InChI=1S/C10H9N/c11-7-9-6-10(9)8-4-2-1-3-5-8/h1-5,9-10H,6H2/t9-,10+/m0/s1. The van der Waals surface area contributed by atoms with Crippen LogP contribution in [0, 0.1) is 17.2 Å². The summed E-state index contributed by atoms with van der Waals surface area (Å²) in [6.07, 6.45) is 1.06. The molecule has 1 aromatic carbocycles. The van der Waals surface area contributed by atoms with Crippen LogP contribution in [0.2, 0.25) is 0 Å². The predicted octanol–water partition coefficient (Wildman–Crippen LogP) is 2.31. The van der Waals surface area contributed by atoms with Crippen molar-refractivity contribution >= 4 is 0 Å². The van der Waals surface area contributed by atoms with Gasteiger partial charge in [-0.2, -0.15) is 5.26 Å². The van der Waals surface area contributed by atoms with Gasteiger partial charge in [0.05, 0.1) is 12.0 Å². The molecule has 1 saturated carbocycles. The van der Waals surface area contributed by atoms with E-state index in [1.54, 1.807) is 0 Å².